The Kier molecular flexibility index (Phi) is 4.60. The van der Waals surface area contributed by atoms with E-state index in [0.29, 0.717) is 10.0 Å². The highest BCUT2D eigenvalue weighted by molar-refractivity contribution is 6.42. The third kappa shape index (κ3) is 3.52. The molecular formula is C18H17Cl2N3. The smallest absolute Gasteiger partial charge is 0.0668 e. The first-order valence-corrected chi connectivity index (χ1v) is 8.09. The Morgan fingerprint density at radius 2 is 1.91 bits per heavy atom. The number of nitrogens with zero attached hydrogens (tertiary/aromatic N) is 2. The van der Waals surface area contributed by atoms with E-state index in [2.05, 4.69) is 16.9 Å². The van der Waals surface area contributed by atoms with Crippen molar-refractivity contribution in [2.75, 3.05) is 30.8 Å². The van der Waals surface area contributed by atoms with Crippen LogP contribution in [0.5, 0.6) is 0 Å². The topological polar surface area (TPSA) is 41.6 Å². The quantitative estimate of drug-likeness (QED) is 0.812. The van der Waals surface area contributed by atoms with Crippen LogP contribution in [0.1, 0.15) is 11.1 Å². The van der Waals surface area contributed by atoms with Crippen LogP contribution in [0.15, 0.2) is 47.5 Å². The number of halogens is 2. The molecule has 0 bridgehead atoms. The summed E-state index contributed by atoms with van der Waals surface area (Å²) in [6, 6.07) is 11.5. The molecule has 0 saturated carbocycles. The molecule has 0 unspecified atom stereocenters. The zero-order chi connectivity index (χ0) is 16.4. The van der Waals surface area contributed by atoms with Crippen LogP contribution in [0, 0.1) is 0 Å². The summed E-state index contributed by atoms with van der Waals surface area (Å²) >= 11 is 12.0. The van der Waals surface area contributed by atoms with E-state index in [1.807, 2.05) is 42.5 Å². The van der Waals surface area contributed by atoms with Crippen molar-refractivity contribution in [3.05, 3.63) is 63.6 Å². The number of hydrogen-bond donors (Lipinski definition) is 1. The highest BCUT2D eigenvalue weighted by atomic mass is 35.5. The molecule has 1 heterocycles. The first-order valence-electron chi connectivity index (χ1n) is 7.33. The molecule has 0 aromatic heterocycles. The van der Waals surface area contributed by atoms with Crippen LogP contribution >= 0.6 is 23.2 Å². The van der Waals surface area contributed by atoms with E-state index in [4.69, 9.17) is 28.9 Å². The zero-order valence-electron chi connectivity index (χ0n) is 12.8. The van der Waals surface area contributed by atoms with Gasteiger partial charge in [-0.05, 0) is 42.0 Å². The van der Waals surface area contributed by atoms with E-state index in [1.54, 1.807) is 6.07 Å². The zero-order valence-corrected chi connectivity index (χ0v) is 14.3. The fourth-order valence-electron chi connectivity index (χ4n) is 2.54. The summed E-state index contributed by atoms with van der Waals surface area (Å²) in [6.07, 6.45) is 4.00. The summed E-state index contributed by atoms with van der Waals surface area (Å²) in [4.78, 5) is 6.86. The molecule has 0 spiro atoms. The van der Waals surface area contributed by atoms with Gasteiger partial charge in [-0.3, -0.25) is 4.99 Å². The minimum atomic E-state index is 0.546. The Labute approximate surface area is 146 Å². The van der Waals surface area contributed by atoms with Gasteiger partial charge in [0.15, 0.2) is 0 Å². The van der Waals surface area contributed by atoms with Gasteiger partial charge in [-0.2, -0.15) is 0 Å². The van der Waals surface area contributed by atoms with Crippen LogP contribution in [0.4, 0.5) is 11.4 Å². The number of rotatable bonds is 2. The first kappa shape index (κ1) is 15.9. The molecule has 23 heavy (non-hydrogen) atoms. The minimum Gasteiger partial charge on any atom is -0.399 e. The van der Waals surface area contributed by atoms with Crippen molar-refractivity contribution in [3.8, 4) is 0 Å². The van der Waals surface area contributed by atoms with Crippen LogP contribution in [0.2, 0.25) is 10.0 Å². The summed E-state index contributed by atoms with van der Waals surface area (Å²) in [5.74, 6) is 0. The molecule has 0 amide bonds. The lowest BCUT2D eigenvalue weighted by molar-refractivity contribution is 0.897. The van der Waals surface area contributed by atoms with Crippen molar-refractivity contribution in [2.24, 2.45) is 4.99 Å². The predicted molar refractivity (Wildman–Crippen MR) is 101 cm³/mol. The highest BCUT2D eigenvalue weighted by Gasteiger charge is 2.14. The Bertz CT molecular complexity index is 797. The van der Waals surface area contributed by atoms with Crippen LogP contribution in [-0.4, -0.2) is 25.8 Å². The second kappa shape index (κ2) is 6.65. The molecule has 0 fully saturated rings. The summed E-state index contributed by atoms with van der Waals surface area (Å²) in [7, 11) is 2.05. The van der Waals surface area contributed by atoms with Crippen molar-refractivity contribution in [1.29, 1.82) is 0 Å². The maximum Gasteiger partial charge on any atom is 0.0668 e. The van der Waals surface area contributed by atoms with Crippen molar-refractivity contribution in [2.45, 2.75) is 0 Å². The van der Waals surface area contributed by atoms with E-state index in [0.717, 1.165) is 41.3 Å². The van der Waals surface area contributed by atoms with E-state index in [1.165, 1.54) is 0 Å². The maximum absolute atomic E-state index is 6.06. The number of nitrogen functional groups attached to an aromatic ring is 1. The molecular weight excluding hydrogens is 329 g/mol. The Morgan fingerprint density at radius 3 is 2.70 bits per heavy atom. The number of anilines is 2. The standard InChI is InChI=1S/C18H17Cl2N3/c1-23-9-8-22-17(14-5-4-13(21)11-18(14)23)7-3-12-2-6-15(19)16(20)10-12/h2-7,10-11H,8-9,21H2,1H3/b7-3+. The van der Waals surface area contributed by atoms with Crippen molar-refractivity contribution in [3.63, 3.8) is 0 Å². The summed E-state index contributed by atoms with van der Waals surface area (Å²) in [6.45, 7) is 1.60. The number of benzodiazepines with no additional fused rings is 1. The molecule has 2 aromatic carbocycles. The third-order valence-corrected chi connectivity index (χ3v) is 4.54. The minimum absolute atomic E-state index is 0.546. The third-order valence-electron chi connectivity index (χ3n) is 3.80. The van der Waals surface area contributed by atoms with Gasteiger partial charge in [-0.15, -0.1) is 0 Å². The Hall–Kier alpha value is -1.97. The fraction of sp³-hybridized carbons (Fsp3) is 0.167. The van der Waals surface area contributed by atoms with E-state index in [9.17, 15) is 0 Å². The van der Waals surface area contributed by atoms with Crippen LogP contribution < -0.4 is 10.6 Å². The van der Waals surface area contributed by atoms with E-state index >= 15 is 0 Å². The van der Waals surface area contributed by atoms with Crippen molar-refractivity contribution in [1.82, 2.24) is 0 Å². The van der Waals surface area contributed by atoms with Crippen LogP contribution in [0.25, 0.3) is 6.08 Å². The molecule has 5 heteroatoms. The second-order valence-corrected chi connectivity index (χ2v) is 6.29. The normalized spacial score (nSPS) is 14.6. The van der Waals surface area contributed by atoms with Gasteiger partial charge in [0, 0.05) is 30.5 Å². The molecule has 0 aliphatic carbocycles. The monoisotopic (exact) mass is 345 g/mol. The van der Waals surface area contributed by atoms with Crippen molar-refractivity contribution >= 4 is 46.4 Å². The maximum atomic E-state index is 6.06. The fourth-order valence-corrected chi connectivity index (χ4v) is 2.85. The number of allylic oxidation sites excluding steroid dienone is 1. The van der Waals surface area contributed by atoms with E-state index < -0.39 is 0 Å². The van der Waals surface area contributed by atoms with Gasteiger partial charge in [0.1, 0.15) is 0 Å². The largest absolute Gasteiger partial charge is 0.399 e. The predicted octanol–water partition coefficient (Wildman–Crippen LogP) is 4.53. The summed E-state index contributed by atoms with van der Waals surface area (Å²) < 4.78 is 0. The average Bonchev–Trinajstić information content (AvgIpc) is 2.68. The lowest BCUT2D eigenvalue weighted by Crippen LogP contribution is -2.20. The van der Waals surface area contributed by atoms with Crippen molar-refractivity contribution < 1.29 is 0 Å². The molecule has 2 N–H and O–H groups in total. The molecule has 0 radical (unpaired) electrons. The Balaban J connectivity index is 1.96. The average molecular weight is 346 g/mol. The lowest BCUT2D eigenvalue weighted by atomic mass is 10.0. The summed E-state index contributed by atoms with van der Waals surface area (Å²) in [5.41, 5.74) is 10.8. The first-order chi connectivity index (χ1) is 11.0. The van der Waals surface area contributed by atoms with Gasteiger partial charge in [0.25, 0.3) is 0 Å². The molecule has 0 atom stereocenters. The molecule has 1 aliphatic heterocycles. The van der Waals surface area contributed by atoms with Gasteiger partial charge >= 0.3 is 0 Å². The van der Waals surface area contributed by atoms with Gasteiger partial charge in [-0.1, -0.05) is 35.3 Å². The van der Waals surface area contributed by atoms with Crippen LogP contribution in [0.3, 0.4) is 0 Å². The number of benzene rings is 2. The van der Waals surface area contributed by atoms with Gasteiger partial charge in [0.05, 0.1) is 22.3 Å². The number of nitrogens with two attached hydrogens (primary N) is 1. The number of aliphatic imine (C=N–C) groups is 1. The molecule has 2 aromatic rings. The second-order valence-electron chi connectivity index (χ2n) is 5.47. The molecule has 118 valence electrons. The number of likely N-dealkylation sites (N-methyl/N-ethyl adjacent to an activating group) is 1. The molecule has 3 nitrogen and oxygen atoms in total. The molecule has 1 aliphatic rings. The number of hydrogen-bond acceptors (Lipinski definition) is 3. The molecule has 0 saturated heterocycles. The highest BCUT2D eigenvalue weighted by Crippen LogP contribution is 2.27. The Morgan fingerprint density at radius 1 is 1.09 bits per heavy atom. The SMILES string of the molecule is CN1CCN=C(/C=C/c2ccc(Cl)c(Cl)c2)c2ccc(N)cc21. The van der Waals surface area contributed by atoms with Gasteiger partial charge in [-0.25, -0.2) is 0 Å². The van der Waals surface area contributed by atoms with E-state index in [-0.39, 0.29) is 0 Å². The van der Waals surface area contributed by atoms with Crippen LogP contribution in [-0.2, 0) is 0 Å². The van der Waals surface area contributed by atoms with Gasteiger partial charge in [0.2, 0.25) is 0 Å². The lowest BCUT2D eigenvalue weighted by Gasteiger charge is -2.19. The molecule has 3 rings (SSSR count). The number of fused-ring (bicyclic) bond motifs is 1. The van der Waals surface area contributed by atoms with Gasteiger partial charge < -0.3 is 10.6 Å². The summed E-state index contributed by atoms with van der Waals surface area (Å²) in [5, 5.41) is 1.10.